The minimum atomic E-state index is -0.421. The van der Waals surface area contributed by atoms with Crippen LogP contribution < -0.4 is 0 Å². The Kier molecular flexibility index (Phi) is 4.46. The molecule has 4 aliphatic rings. The lowest BCUT2D eigenvalue weighted by molar-refractivity contribution is -0.384. The monoisotopic (exact) mass is 467 g/mol. The van der Waals surface area contributed by atoms with Crippen molar-refractivity contribution < 1.29 is 9.34 Å². The zero-order valence-electron chi connectivity index (χ0n) is 19.2. The summed E-state index contributed by atoms with van der Waals surface area (Å²) >= 11 is 0. The first-order chi connectivity index (χ1) is 17.1. The van der Waals surface area contributed by atoms with Crippen LogP contribution in [0.1, 0.15) is 44.2 Å². The minimum absolute atomic E-state index is 0.00611. The fourth-order valence-electron chi connectivity index (χ4n) is 7.24. The second-order valence-corrected chi connectivity index (χ2v) is 10.6. The molecule has 4 saturated carbocycles. The van der Waals surface area contributed by atoms with E-state index in [1.165, 1.54) is 50.7 Å². The van der Waals surface area contributed by atoms with Crippen molar-refractivity contribution >= 4 is 5.69 Å². The van der Waals surface area contributed by atoms with E-state index in [1.54, 1.807) is 12.1 Å². The molecule has 0 atom stereocenters. The van der Waals surface area contributed by atoms with Crippen LogP contribution in [-0.4, -0.2) is 24.9 Å². The van der Waals surface area contributed by atoms with Crippen LogP contribution in [0.5, 0.6) is 0 Å². The summed E-state index contributed by atoms with van der Waals surface area (Å²) in [5.74, 6) is 3.02. The van der Waals surface area contributed by atoms with E-state index in [-0.39, 0.29) is 17.0 Å². The minimum Gasteiger partial charge on any atom is -0.416 e. The summed E-state index contributed by atoms with van der Waals surface area (Å²) in [5.41, 5.74) is 3.50. The lowest BCUT2D eigenvalue weighted by atomic mass is 9.48. The number of benzene rings is 2. The number of hydrogen-bond donors (Lipinski definition) is 0. The summed E-state index contributed by atoms with van der Waals surface area (Å²) in [5, 5.41) is 25.0. The summed E-state index contributed by atoms with van der Waals surface area (Å²) in [4.78, 5) is 10.8. The molecule has 0 aliphatic heterocycles. The first-order valence-electron chi connectivity index (χ1n) is 12.3. The van der Waals surface area contributed by atoms with Gasteiger partial charge in [-0.3, -0.25) is 10.1 Å². The van der Waals surface area contributed by atoms with Crippen LogP contribution in [0.25, 0.3) is 28.6 Å². The fourth-order valence-corrected chi connectivity index (χ4v) is 7.24. The van der Waals surface area contributed by atoms with Crippen LogP contribution in [0.4, 0.5) is 5.69 Å². The number of aromatic nitrogens is 4. The van der Waals surface area contributed by atoms with Gasteiger partial charge in [-0.1, -0.05) is 24.3 Å². The molecular weight excluding hydrogens is 442 g/mol. The molecule has 4 bridgehead atoms. The molecule has 4 fully saturated rings. The number of nitrogens with zero attached hydrogens (tertiary/aromatic N) is 5. The Hall–Kier alpha value is -3.81. The molecule has 0 radical (unpaired) electrons. The van der Waals surface area contributed by atoms with Crippen LogP contribution in [0, 0.1) is 27.9 Å². The third-order valence-electron chi connectivity index (χ3n) is 8.23. The van der Waals surface area contributed by atoms with Crippen molar-refractivity contribution in [3.63, 3.8) is 0 Å². The Labute approximate surface area is 202 Å². The smallest absolute Gasteiger partial charge is 0.270 e. The zero-order chi connectivity index (χ0) is 23.6. The molecule has 0 amide bonds. The summed E-state index contributed by atoms with van der Waals surface area (Å²) in [6.45, 7) is 0. The highest BCUT2D eigenvalue weighted by molar-refractivity contribution is 5.63. The van der Waals surface area contributed by atoms with E-state index in [2.05, 4.69) is 10.2 Å². The second-order valence-electron chi connectivity index (χ2n) is 10.6. The summed E-state index contributed by atoms with van der Waals surface area (Å²) in [6.07, 6.45) is 9.58. The van der Waals surface area contributed by atoms with Crippen molar-refractivity contribution in [3.05, 3.63) is 76.6 Å². The quantitative estimate of drug-likeness (QED) is 0.265. The number of rotatable bonds is 5. The Bertz CT molecular complexity index is 1390. The normalized spacial score (nSPS) is 26.8. The van der Waals surface area contributed by atoms with Crippen molar-refractivity contribution in [3.8, 4) is 28.6 Å². The van der Waals surface area contributed by atoms with Gasteiger partial charge in [-0.05, 0) is 74.5 Å². The maximum atomic E-state index is 11.2. The first kappa shape index (κ1) is 20.6. The van der Waals surface area contributed by atoms with Crippen molar-refractivity contribution in [1.29, 1.82) is 0 Å². The highest BCUT2D eigenvalue weighted by Crippen LogP contribution is 2.61. The molecular formula is C27H25N5O3. The number of nitro benzene ring substituents is 1. The van der Waals surface area contributed by atoms with Gasteiger partial charge in [0.1, 0.15) is 0 Å². The van der Waals surface area contributed by atoms with Gasteiger partial charge >= 0.3 is 0 Å². The zero-order valence-corrected chi connectivity index (χ0v) is 19.2. The van der Waals surface area contributed by atoms with Crippen molar-refractivity contribution in [2.75, 3.05) is 0 Å². The van der Waals surface area contributed by atoms with Gasteiger partial charge in [0.2, 0.25) is 5.89 Å². The van der Waals surface area contributed by atoms with E-state index in [4.69, 9.17) is 9.52 Å². The predicted octanol–water partition coefficient (Wildman–Crippen LogP) is 5.97. The third-order valence-corrected chi connectivity index (χ3v) is 8.23. The molecule has 4 aliphatic carbocycles. The summed E-state index contributed by atoms with van der Waals surface area (Å²) in [7, 11) is 0. The van der Waals surface area contributed by atoms with Crippen LogP contribution in [0.3, 0.4) is 0 Å². The van der Waals surface area contributed by atoms with E-state index in [1.807, 2.05) is 41.2 Å². The maximum Gasteiger partial charge on any atom is 0.270 e. The average Bonchev–Trinajstić information content (AvgIpc) is 3.52. The Morgan fingerprint density at radius 2 is 1.60 bits per heavy atom. The standard InChI is InChI=1S/C27H25N5O3/c33-32(34)22-8-4-5-20(12-22)25-28-29-26(35-25)23-16-31(21-6-2-1-3-7-21)30-24(23)27-13-17-9-18(14-27)11-19(10-17)15-27/h1-8,12,16-19H,9-11,13-15H2. The van der Waals surface area contributed by atoms with Gasteiger partial charge in [0, 0.05) is 29.3 Å². The highest BCUT2D eigenvalue weighted by Gasteiger charge is 2.53. The molecule has 0 N–H and O–H groups in total. The Morgan fingerprint density at radius 1 is 0.914 bits per heavy atom. The van der Waals surface area contributed by atoms with Crippen LogP contribution in [0.2, 0.25) is 0 Å². The molecule has 0 unspecified atom stereocenters. The lowest BCUT2D eigenvalue weighted by Gasteiger charge is -2.56. The number of para-hydroxylation sites is 1. The van der Waals surface area contributed by atoms with Gasteiger partial charge in [0.15, 0.2) is 0 Å². The molecule has 8 rings (SSSR count). The molecule has 2 heterocycles. The molecule has 35 heavy (non-hydrogen) atoms. The van der Waals surface area contributed by atoms with Crippen molar-refractivity contribution in [2.45, 2.75) is 43.9 Å². The van der Waals surface area contributed by atoms with E-state index in [0.29, 0.717) is 11.5 Å². The van der Waals surface area contributed by atoms with E-state index >= 15 is 0 Å². The molecule has 8 heteroatoms. The maximum absolute atomic E-state index is 11.2. The highest BCUT2D eigenvalue weighted by atomic mass is 16.6. The topological polar surface area (TPSA) is 99.9 Å². The SMILES string of the molecule is O=[N+]([O-])c1cccc(-c2nnc(-c3cn(-c4ccccc4)nc3C34CC5CC(CC(C5)C3)C4)o2)c1. The largest absolute Gasteiger partial charge is 0.416 e. The second kappa shape index (κ2) is 7.60. The van der Waals surface area contributed by atoms with Gasteiger partial charge in [-0.15, -0.1) is 10.2 Å². The molecule has 0 saturated heterocycles. The Morgan fingerprint density at radius 3 is 2.29 bits per heavy atom. The summed E-state index contributed by atoms with van der Waals surface area (Å²) < 4.78 is 8.08. The number of hydrogen-bond acceptors (Lipinski definition) is 6. The van der Waals surface area contributed by atoms with E-state index in [0.717, 1.165) is 34.7 Å². The van der Waals surface area contributed by atoms with Gasteiger partial charge < -0.3 is 4.42 Å². The average molecular weight is 468 g/mol. The molecule has 0 spiro atoms. The first-order valence-corrected chi connectivity index (χ1v) is 12.3. The fraction of sp³-hybridized carbons (Fsp3) is 0.370. The van der Waals surface area contributed by atoms with Crippen LogP contribution >= 0.6 is 0 Å². The van der Waals surface area contributed by atoms with Gasteiger partial charge in [0.25, 0.3) is 11.6 Å². The van der Waals surface area contributed by atoms with Gasteiger partial charge in [-0.25, -0.2) is 4.68 Å². The van der Waals surface area contributed by atoms with Crippen molar-refractivity contribution in [1.82, 2.24) is 20.0 Å². The van der Waals surface area contributed by atoms with Crippen LogP contribution in [-0.2, 0) is 5.41 Å². The van der Waals surface area contributed by atoms with Crippen LogP contribution in [0.15, 0.2) is 65.2 Å². The number of nitro groups is 1. The molecule has 176 valence electrons. The molecule has 4 aromatic rings. The van der Waals surface area contributed by atoms with Gasteiger partial charge in [-0.2, -0.15) is 5.10 Å². The molecule has 2 aromatic carbocycles. The molecule has 8 nitrogen and oxygen atoms in total. The van der Waals surface area contributed by atoms with E-state index in [9.17, 15) is 10.1 Å². The van der Waals surface area contributed by atoms with E-state index < -0.39 is 4.92 Å². The van der Waals surface area contributed by atoms with Crippen molar-refractivity contribution in [2.24, 2.45) is 17.8 Å². The Balaban J connectivity index is 1.34. The predicted molar refractivity (Wildman–Crippen MR) is 129 cm³/mol. The molecule has 2 aromatic heterocycles. The lowest BCUT2D eigenvalue weighted by Crippen LogP contribution is -2.49. The summed E-state index contributed by atoms with van der Waals surface area (Å²) in [6, 6.07) is 16.4. The number of non-ortho nitro benzene ring substituents is 1. The third kappa shape index (κ3) is 3.38. The van der Waals surface area contributed by atoms with Gasteiger partial charge in [0.05, 0.1) is 21.9 Å².